The van der Waals surface area contributed by atoms with Gasteiger partial charge in [0.15, 0.2) is 11.6 Å². The maximum absolute atomic E-state index is 14.8. The van der Waals surface area contributed by atoms with Gasteiger partial charge in [-0.25, -0.2) is 8.78 Å². The van der Waals surface area contributed by atoms with Crippen LogP contribution in [-0.4, -0.2) is 6.61 Å². The van der Waals surface area contributed by atoms with Gasteiger partial charge in [0.1, 0.15) is 5.82 Å². The predicted octanol–water partition coefficient (Wildman–Crippen LogP) is 8.60. The quantitative estimate of drug-likeness (QED) is 0.212. The molecule has 0 aliphatic heterocycles. The zero-order valence-corrected chi connectivity index (χ0v) is 20.1. The van der Waals surface area contributed by atoms with Crippen molar-refractivity contribution in [1.29, 1.82) is 0 Å². The van der Waals surface area contributed by atoms with E-state index in [1.54, 1.807) is 12.1 Å². The van der Waals surface area contributed by atoms with E-state index in [-0.39, 0.29) is 17.4 Å². The molecule has 4 rings (SSSR count). The van der Waals surface area contributed by atoms with Crippen LogP contribution in [0.1, 0.15) is 30.0 Å². The molecule has 0 heterocycles. The van der Waals surface area contributed by atoms with Crippen molar-refractivity contribution in [2.45, 2.75) is 32.6 Å². The molecule has 0 spiro atoms. The molecule has 1 nitrogen and oxygen atoms in total. The fourth-order valence-corrected chi connectivity index (χ4v) is 4.16. The first-order chi connectivity index (χ1) is 17.1. The molecule has 4 aromatic rings. The lowest BCUT2D eigenvalue weighted by Gasteiger charge is -2.09. The molecular weight excluding hydrogens is 438 g/mol. The third kappa shape index (κ3) is 6.24. The van der Waals surface area contributed by atoms with Gasteiger partial charge in [0, 0.05) is 0 Å². The Balaban J connectivity index is 1.39. The summed E-state index contributed by atoms with van der Waals surface area (Å²) in [6.45, 7) is 6.02. The molecule has 4 aromatic carbocycles. The van der Waals surface area contributed by atoms with E-state index in [2.05, 4.69) is 18.7 Å². The van der Waals surface area contributed by atoms with Gasteiger partial charge in [0.25, 0.3) is 0 Å². The highest BCUT2D eigenvalue weighted by molar-refractivity contribution is 5.65. The van der Waals surface area contributed by atoms with Gasteiger partial charge < -0.3 is 4.74 Å². The first-order valence-corrected chi connectivity index (χ1v) is 12.1. The van der Waals surface area contributed by atoms with Gasteiger partial charge in [-0.1, -0.05) is 72.8 Å². The summed E-state index contributed by atoms with van der Waals surface area (Å²) in [5.41, 5.74) is 6.69. The molecule has 178 valence electrons. The number of hydrogen-bond donors (Lipinski definition) is 0. The lowest BCUT2D eigenvalue weighted by molar-refractivity contribution is 0.321. The Morgan fingerprint density at radius 1 is 0.657 bits per heavy atom. The molecule has 0 fully saturated rings. The van der Waals surface area contributed by atoms with Gasteiger partial charge in [0.2, 0.25) is 0 Å². The molecule has 0 N–H and O–H groups in total. The summed E-state index contributed by atoms with van der Waals surface area (Å²) in [5, 5.41) is 0. The maximum atomic E-state index is 14.8. The second-order valence-electron chi connectivity index (χ2n) is 8.61. The third-order valence-electron chi connectivity index (χ3n) is 6.18. The normalized spacial score (nSPS) is 10.8. The minimum Gasteiger partial charge on any atom is -0.491 e. The van der Waals surface area contributed by atoms with Gasteiger partial charge in [-0.15, -0.1) is 6.58 Å². The van der Waals surface area contributed by atoms with E-state index < -0.39 is 0 Å². The number of ether oxygens (including phenoxy) is 1. The molecule has 0 aromatic heterocycles. The van der Waals surface area contributed by atoms with E-state index in [1.165, 1.54) is 11.6 Å². The fraction of sp³-hybridized carbons (Fsp3) is 0.188. The summed E-state index contributed by atoms with van der Waals surface area (Å²) in [6, 6.07) is 26.8. The molecule has 0 saturated heterocycles. The van der Waals surface area contributed by atoms with Crippen LogP contribution >= 0.6 is 0 Å². The summed E-state index contributed by atoms with van der Waals surface area (Å²) in [4.78, 5) is 0. The molecule has 0 amide bonds. The molecule has 0 unspecified atom stereocenters. The van der Waals surface area contributed by atoms with Gasteiger partial charge in [0.05, 0.1) is 6.61 Å². The molecule has 35 heavy (non-hydrogen) atoms. The molecule has 0 aliphatic rings. The Labute approximate surface area is 206 Å². The SMILES string of the molecule is C=CCCc1ccc(-c2ccc(CCc3ccc(-c4ccc(OCC)c(F)c4)cc3)c(F)c2)cc1. The van der Waals surface area contributed by atoms with Crippen molar-refractivity contribution < 1.29 is 13.5 Å². The van der Waals surface area contributed by atoms with Crippen molar-refractivity contribution in [2.24, 2.45) is 0 Å². The number of benzene rings is 4. The number of hydrogen-bond acceptors (Lipinski definition) is 1. The second kappa shape index (κ2) is 11.6. The van der Waals surface area contributed by atoms with Crippen LogP contribution in [0.2, 0.25) is 0 Å². The van der Waals surface area contributed by atoms with Gasteiger partial charge in [-0.05, 0) is 89.8 Å². The van der Waals surface area contributed by atoms with Crippen LogP contribution in [0.25, 0.3) is 22.3 Å². The molecule has 3 heteroatoms. The lowest BCUT2D eigenvalue weighted by atomic mass is 9.97. The second-order valence-corrected chi connectivity index (χ2v) is 8.61. The van der Waals surface area contributed by atoms with E-state index >= 15 is 0 Å². The Morgan fingerprint density at radius 3 is 1.74 bits per heavy atom. The summed E-state index contributed by atoms with van der Waals surface area (Å²) in [6.07, 6.45) is 5.18. The zero-order valence-electron chi connectivity index (χ0n) is 20.1. The number of aryl methyl sites for hydroxylation is 3. The van der Waals surface area contributed by atoms with Gasteiger partial charge in [-0.3, -0.25) is 0 Å². The van der Waals surface area contributed by atoms with Crippen molar-refractivity contribution >= 4 is 0 Å². The highest BCUT2D eigenvalue weighted by atomic mass is 19.1. The first kappa shape index (κ1) is 24.4. The van der Waals surface area contributed by atoms with E-state index in [0.29, 0.717) is 18.6 Å². The van der Waals surface area contributed by atoms with Crippen LogP contribution in [0.4, 0.5) is 8.78 Å². The monoisotopic (exact) mass is 468 g/mol. The van der Waals surface area contributed by atoms with Crippen molar-refractivity contribution in [3.05, 3.63) is 126 Å². The fourth-order valence-electron chi connectivity index (χ4n) is 4.16. The molecule has 0 radical (unpaired) electrons. The van der Waals surface area contributed by atoms with Crippen LogP contribution < -0.4 is 4.74 Å². The minimum absolute atomic E-state index is 0.181. The van der Waals surface area contributed by atoms with Crippen molar-refractivity contribution in [3.8, 4) is 28.0 Å². The topological polar surface area (TPSA) is 9.23 Å². The summed E-state index contributed by atoms with van der Waals surface area (Å²) >= 11 is 0. The number of allylic oxidation sites excluding steroid dienone is 1. The highest BCUT2D eigenvalue weighted by Gasteiger charge is 2.08. The van der Waals surface area contributed by atoms with E-state index in [0.717, 1.165) is 47.1 Å². The maximum Gasteiger partial charge on any atom is 0.165 e. The van der Waals surface area contributed by atoms with Crippen LogP contribution in [-0.2, 0) is 19.3 Å². The van der Waals surface area contributed by atoms with Gasteiger partial charge in [-0.2, -0.15) is 0 Å². The Hall–Kier alpha value is -3.72. The predicted molar refractivity (Wildman–Crippen MR) is 141 cm³/mol. The molecule has 0 aliphatic carbocycles. The standard InChI is InChI=1S/C32H30F2O/c1-3-5-6-23-7-12-25(13-8-23)28-18-17-27(30(33)21-28)16-11-24-9-14-26(15-10-24)29-19-20-32(35-4-2)31(34)22-29/h3,7-10,12-15,17-22H,1,4-6,11,16H2,2H3. The summed E-state index contributed by atoms with van der Waals surface area (Å²) < 4.78 is 34.3. The Bertz CT molecular complexity index is 1270. The average molecular weight is 469 g/mol. The highest BCUT2D eigenvalue weighted by Crippen LogP contribution is 2.27. The zero-order chi connectivity index (χ0) is 24.6. The lowest BCUT2D eigenvalue weighted by Crippen LogP contribution is -1.96. The van der Waals surface area contributed by atoms with Crippen molar-refractivity contribution in [3.63, 3.8) is 0 Å². The Morgan fingerprint density at radius 2 is 1.20 bits per heavy atom. The number of halogens is 2. The first-order valence-electron chi connectivity index (χ1n) is 12.1. The summed E-state index contributed by atoms with van der Waals surface area (Å²) in [7, 11) is 0. The summed E-state index contributed by atoms with van der Waals surface area (Å²) in [5.74, 6) is -0.280. The minimum atomic E-state index is -0.365. The van der Waals surface area contributed by atoms with Gasteiger partial charge >= 0.3 is 0 Å². The van der Waals surface area contributed by atoms with Crippen LogP contribution in [0, 0.1) is 11.6 Å². The third-order valence-corrected chi connectivity index (χ3v) is 6.18. The van der Waals surface area contributed by atoms with Crippen LogP contribution in [0.3, 0.4) is 0 Å². The molecule has 0 atom stereocenters. The molecule has 0 bridgehead atoms. The van der Waals surface area contributed by atoms with E-state index in [9.17, 15) is 8.78 Å². The van der Waals surface area contributed by atoms with Crippen LogP contribution in [0.5, 0.6) is 5.75 Å². The average Bonchev–Trinajstić information content (AvgIpc) is 2.88. The van der Waals surface area contributed by atoms with E-state index in [4.69, 9.17) is 4.74 Å². The number of rotatable bonds is 10. The van der Waals surface area contributed by atoms with Crippen LogP contribution in [0.15, 0.2) is 97.6 Å². The smallest absolute Gasteiger partial charge is 0.165 e. The van der Waals surface area contributed by atoms with Crippen molar-refractivity contribution in [2.75, 3.05) is 6.61 Å². The molecular formula is C32H30F2O. The molecule has 0 saturated carbocycles. The largest absolute Gasteiger partial charge is 0.491 e. The van der Waals surface area contributed by atoms with E-state index in [1.807, 2.05) is 67.6 Å². The Kier molecular flexibility index (Phi) is 8.10. The van der Waals surface area contributed by atoms with Crippen molar-refractivity contribution in [1.82, 2.24) is 0 Å².